The van der Waals surface area contributed by atoms with Crippen molar-refractivity contribution >= 4 is 5.97 Å². The van der Waals surface area contributed by atoms with E-state index in [1.54, 1.807) is 0 Å². The number of aliphatic carboxylic acids is 1. The smallest absolute Gasteiger partial charge is 0.306 e. The van der Waals surface area contributed by atoms with E-state index < -0.39 is 41.5 Å². The molecule has 0 saturated heterocycles. The van der Waals surface area contributed by atoms with E-state index in [4.69, 9.17) is 5.11 Å². The Hall–Kier alpha value is -1.56. The zero-order chi connectivity index (χ0) is 11.6. The summed E-state index contributed by atoms with van der Waals surface area (Å²) >= 11 is 0. The molecular weight excluding hydrogens is 213 g/mol. The van der Waals surface area contributed by atoms with Gasteiger partial charge in [-0.15, -0.1) is 0 Å². The van der Waals surface area contributed by atoms with Crippen LogP contribution in [0.4, 0.5) is 13.2 Å². The topological polar surface area (TPSA) is 57.5 Å². The summed E-state index contributed by atoms with van der Waals surface area (Å²) in [4.78, 5) is 10.2. The van der Waals surface area contributed by atoms with Crippen molar-refractivity contribution in [3.63, 3.8) is 0 Å². The van der Waals surface area contributed by atoms with Gasteiger partial charge in [-0.3, -0.25) is 4.79 Å². The zero-order valence-electron chi connectivity index (χ0n) is 7.38. The van der Waals surface area contributed by atoms with Crippen LogP contribution >= 0.6 is 0 Å². The van der Waals surface area contributed by atoms with Gasteiger partial charge >= 0.3 is 5.97 Å². The Morgan fingerprint density at radius 3 is 2.40 bits per heavy atom. The van der Waals surface area contributed by atoms with E-state index in [9.17, 15) is 23.1 Å². The molecule has 1 atom stereocenters. The molecule has 15 heavy (non-hydrogen) atoms. The molecule has 0 fully saturated rings. The minimum atomic E-state index is -1.73. The number of aliphatic hydroxyl groups excluding tert-OH is 1. The molecule has 0 spiro atoms. The van der Waals surface area contributed by atoms with Gasteiger partial charge in [0.05, 0.1) is 12.5 Å². The number of rotatable bonds is 3. The predicted octanol–water partition coefficient (Wildman–Crippen LogP) is 1.61. The van der Waals surface area contributed by atoms with E-state index >= 15 is 0 Å². The summed E-state index contributed by atoms with van der Waals surface area (Å²) in [7, 11) is 0. The molecule has 1 rings (SSSR count). The van der Waals surface area contributed by atoms with Crippen molar-refractivity contribution < 1.29 is 28.2 Å². The summed E-state index contributed by atoms with van der Waals surface area (Å²) in [5.41, 5.74) is -0.573. The van der Waals surface area contributed by atoms with Gasteiger partial charge in [0, 0.05) is 5.56 Å². The molecule has 82 valence electrons. The first-order chi connectivity index (χ1) is 6.93. The van der Waals surface area contributed by atoms with Gasteiger partial charge in [0.15, 0.2) is 17.5 Å². The maximum absolute atomic E-state index is 13.0. The molecule has 1 aromatic carbocycles. The van der Waals surface area contributed by atoms with E-state index in [1.807, 2.05) is 0 Å². The minimum absolute atomic E-state index is 0.573. The summed E-state index contributed by atoms with van der Waals surface area (Å²) in [5, 5.41) is 17.5. The van der Waals surface area contributed by atoms with E-state index in [-0.39, 0.29) is 0 Å². The SMILES string of the molecule is O=C(O)C[C@@H](O)c1ccc(F)c(F)c1F. The summed E-state index contributed by atoms with van der Waals surface area (Å²) in [6.45, 7) is 0. The summed E-state index contributed by atoms with van der Waals surface area (Å²) in [6.07, 6.45) is -2.47. The Kier molecular flexibility index (Phi) is 3.31. The molecule has 0 aliphatic heterocycles. The average Bonchev–Trinajstić information content (AvgIpc) is 2.13. The molecule has 2 N–H and O–H groups in total. The van der Waals surface area contributed by atoms with Crippen LogP contribution in [-0.4, -0.2) is 16.2 Å². The Labute approximate surface area is 82.8 Å². The van der Waals surface area contributed by atoms with Gasteiger partial charge in [-0.05, 0) is 6.07 Å². The van der Waals surface area contributed by atoms with Crippen LogP contribution in [0.15, 0.2) is 12.1 Å². The van der Waals surface area contributed by atoms with E-state index in [0.29, 0.717) is 6.07 Å². The quantitative estimate of drug-likeness (QED) is 0.761. The third-order valence-corrected chi connectivity index (χ3v) is 1.79. The zero-order valence-corrected chi connectivity index (χ0v) is 7.38. The van der Waals surface area contributed by atoms with Crippen LogP contribution in [0, 0.1) is 17.5 Å². The monoisotopic (exact) mass is 220 g/mol. The fourth-order valence-electron chi connectivity index (χ4n) is 1.07. The minimum Gasteiger partial charge on any atom is -0.481 e. The second kappa shape index (κ2) is 4.31. The lowest BCUT2D eigenvalue weighted by Crippen LogP contribution is -2.09. The standard InChI is InChI=1S/C9H7F3O3/c10-5-2-1-4(8(11)9(5)12)6(13)3-7(14)15/h1-2,6,13H,3H2,(H,14,15)/t6-/m1/s1. The number of benzene rings is 1. The van der Waals surface area contributed by atoms with Crippen LogP contribution in [-0.2, 0) is 4.79 Å². The molecule has 0 amide bonds. The summed E-state index contributed by atoms with van der Waals surface area (Å²) < 4.78 is 38.1. The summed E-state index contributed by atoms with van der Waals surface area (Å²) in [6, 6.07) is 1.43. The number of hydrogen-bond acceptors (Lipinski definition) is 2. The van der Waals surface area contributed by atoms with Crippen LogP contribution in [0.25, 0.3) is 0 Å². The van der Waals surface area contributed by atoms with Crippen molar-refractivity contribution in [2.45, 2.75) is 12.5 Å². The van der Waals surface area contributed by atoms with Crippen LogP contribution in [0.2, 0.25) is 0 Å². The van der Waals surface area contributed by atoms with Crippen molar-refractivity contribution in [2.75, 3.05) is 0 Å². The van der Waals surface area contributed by atoms with Crippen molar-refractivity contribution in [2.24, 2.45) is 0 Å². The van der Waals surface area contributed by atoms with E-state index in [1.165, 1.54) is 0 Å². The fraction of sp³-hybridized carbons (Fsp3) is 0.222. The van der Waals surface area contributed by atoms with Crippen molar-refractivity contribution in [3.05, 3.63) is 35.1 Å². The number of aliphatic hydroxyl groups is 1. The first-order valence-electron chi connectivity index (χ1n) is 3.96. The number of carboxylic acid groups (broad SMARTS) is 1. The Bertz CT molecular complexity index is 392. The van der Waals surface area contributed by atoms with Crippen molar-refractivity contribution in [1.82, 2.24) is 0 Å². The Balaban J connectivity index is 3.05. The highest BCUT2D eigenvalue weighted by molar-refractivity contribution is 5.67. The van der Waals surface area contributed by atoms with Crippen LogP contribution < -0.4 is 0 Å². The highest BCUT2D eigenvalue weighted by Crippen LogP contribution is 2.23. The molecule has 0 bridgehead atoms. The molecule has 0 aliphatic carbocycles. The van der Waals surface area contributed by atoms with Gasteiger partial charge in [0.25, 0.3) is 0 Å². The largest absolute Gasteiger partial charge is 0.481 e. The summed E-state index contributed by atoms with van der Waals surface area (Å²) in [5.74, 6) is -6.05. The molecule has 0 aliphatic rings. The average molecular weight is 220 g/mol. The number of halogens is 3. The molecular formula is C9H7F3O3. The number of hydrogen-bond donors (Lipinski definition) is 2. The van der Waals surface area contributed by atoms with E-state index in [2.05, 4.69) is 0 Å². The highest BCUT2D eigenvalue weighted by Gasteiger charge is 2.20. The maximum atomic E-state index is 13.0. The Morgan fingerprint density at radius 1 is 1.27 bits per heavy atom. The van der Waals surface area contributed by atoms with Crippen LogP contribution in [0.1, 0.15) is 18.1 Å². The molecule has 0 radical (unpaired) electrons. The second-order valence-electron chi connectivity index (χ2n) is 2.88. The molecule has 0 saturated carbocycles. The normalized spacial score (nSPS) is 12.5. The van der Waals surface area contributed by atoms with Gasteiger partial charge in [-0.2, -0.15) is 0 Å². The molecule has 0 heterocycles. The number of carboxylic acids is 1. The molecule has 0 aromatic heterocycles. The van der Waals surface area contributed by atoms with Crippen LogP contribution in [0.5, 0.6) is 0 Å². The van der Waals surface area contributed by atoms with Gasteiger partial charge in [0.2, 0.25) is 0 Å². The molecule has 3 nitrogen and oxygen atoms in total. The third kappa shape index (κ3) is 2.47. The van der Waals surface area contributed by atoms with Crippen molar-refractivity contribution in [3.8, 4) is 0 Å². The predicted molar refractivity (Wildman–Crippen MR) is 43.5 cm³/mol. The van der Waals surface area contributed by atoms with Gasteiger partial charge < -0.3 is 10.2 Å². The molecule has 0 unspecified atom stereocenters. The Morgan fingerprint density at radius 2 is 1.87 bits per heavy atom. The van der Waals surface area contributed by atoms with Gasteiger partial charge in [-0.1, -0.05) is 6.07 Å². The van der Waals surface area contributed by atoms with Gasteiger partial charge in [-0.25, -0.2) is 13.2 Å². The second-order valence-corrected chi connectivity index (χ2v) is 2.88. The van der Waals surface area contributed by atoms with Crippen LogP contribution in [0.3, 0.4) is 0 Å². The molecule has 1 aromatic rings. The van der Waals surface area contributed by atoms with E-state index in [0.717, 1.165) is 6.07 Å². The maximum Gasteiger partial charge on any atom is 0.306 e. The lowest BCUT2D eigenvalue weighted by atomic mass is 10.1. The lowest BCUT2D eigenvalue weighted by molar-refractivity contribution is -0.139. The number of carbonyl (C=O) groups is 1. The van der Waals surface area contributed by atoms with Crippen molar-refractivity contribution in [1.29, 1.82) is 0 Å². The highest BCUT2D eigenvalue weighted by atomic mass is 19.2. The molecule has 6 heteroatoms. The first kappa shape index (κ1) is 11.5. The fourth-order valence-corrected chi connectivity index (χ4v) is 1.07. The lowest BCUT2D eigenvalue weighted by Gasteiger charge is -2.09. The van der Waals surface area contributed by atoms with Gasteiger partial charge in [0.1, 0.15) is 0 Å². The third-order valence-electron chi connectivity index (χ3n) is 1.79. The first-order valence-corrected chi connectivity index (χ1v) is 3.96.